The molecule has 1 aromatic heterocycles. The number of aliphatic hydroxyl groups excluding tert-OH is 2. The number of aliphatic hydroxyl groups is 2. The number of nitrogens with zero attached hydrogens (tertiary/aromatic N) is 3. The molecule has 0 spiro atoms. The lowest BCUT2D eigenvalue weighted by atomic mass is 9.82. The largest absolute Gasteiger partial charge is 0.390 e. The lowest BCUT2D eigenvalue weighted by Crippen LogP contribution is -2.56. The highest BCUT2D eigenvalue weighted by molar-refractivity contribution is 7.89. The van der Waals surface area contributed by atoms with Crippen molar-refractivity contribution in [1.82, 2.24) is 24.5 Å². The first-order valence-electron chi connectivity index (χ1n) is 16.9. The second kappa shape index (κ2) is 17.8. The second-order valence-corrected chi connectivity index (χ2v) is 15.4. The van der Waals surface area contributed by atoms with E-state index in [1.807, 2.05) is 30.3 Å². The van der Waals surface area contributed by atoms with E-state index in [9.17, 15) is 28.2 Å². The smallest absolute Gasteiger partial charge is 0.242 e. The van der Waals surface area contributed by atoms with E-state index in [0.29, 0.717) is 18.9 Å². The zero-order chi connectivity index (χ0) is 33.8. The van der Waals surface area contributed by atoms with Gasteiger partial charge >= 0.3 is 0 Å². The molecule has 4 N–H and O–H groups in total. The minimum absolute atomic E-state index is 0.0199. The number of benzene rings is 1. The van der Waals surface area contributed by atoms with Crippen LogP contribution in [0.25, 0.3) is 0 Å². The summed E-state index contributed by atoms with van der Waals surface area (Å²) in [6, 6.07) is 7.44. The highest BCUT2D eigenvalue weighted by atomic mass is 32.2. The number of aromatic nitrogens is 2. The summed E-state index contributed by atoms with van der Waals surface area (Å²) in [5.41, 5.74) is 0.790. The number of nitrogens with one attached hydrogen (secondary N) is 2. The van der Waals surface area contributed by atoms with Gasteiger partial charge in [0, 0.05) is 39.0 Å². The Morgan fingerprint density at radius 3 is 2.45 bits per heavy atom. The summed E-state index contributed by atoms with van der Waals surface area (Å²) in [6.07, 6.45) is 16.5. The molecule has 0 bridgehead atoms. The Hall–Kier alpha value is -3.24. The Morgan fingerprint density at radius 1 is 1.09 bits per heavy atom. The van der Waals surface area contributed by atoms with Gasteiger partial charge in [-0.25, -0.2) is 17.7 Å². The Labute approximate surface area is 279 Å². The van der Waals surface area contributed by atoms with Gasteiger partial charge < -0.3 is 25.4 Å². The zero-order valence-corrected chi connectivity index (χ0v) is 28.2. The van der Waals surface area contributed by atoms with Crippen LogP contribution in [0.3, 0.4) is 0 Å². The summed E-state index contributed by atoms with van der Waals surface area (Å²) in [4.78, 5) is 31.7. The number of terminal acetylenes is 1. The number of hydrogen-bond donors (Lipinski definition) is 4. The van der Waals surface area contributed by atoms with Crippen molar-refractivity contribution in [1.29, 1.82) is 0 Å². The predicted octanol–water partition coefficient (Wildman–Crippen LogP) is 2.49. The van der Waals surface area contributed by atoms with E-state index in [-0.39, 0.29) is 31.7 Å². The molecule has 47 heavy (non-hydrogen) atoms. The maximum absolute atomic E-state index is 13.9. The van der Waals surface area contributed by atoms with Crippen molar-refractivity contribution in [2.45, 2.75) is 101 Å². The van der Waals surface area contributed by atoms with E-state index in [0.717, 1.165) is 44.1 Å². The maximum atomic E-state index is 13.9. The summed E-state index contributed by atoms with van der Waals surface area (Å²) in [6.45, 7) is 0.603. The van der Waals surface area contributed by atoms with Crippen LogP contribution in [0.15, 0.2) is 49.1 Å². The van der Waals surface area contributed by atoms with Gasteiger partial charge in [-0.1, -0.05) is 62.4 Å². The van der Waals surface area contributed by atoms with Crippen molar-refractivity contribution in [2.24, 2.45) is 17.8 Å². The molecule has 0 radical (unpaired) electrons. The summed E-state index contributed by atoms with van der Waals surface area (Å²) in [5, 5.41) is 27.7. The molecule has 2 aliphatic rings. The molecule has 0 unspecified atom stereocenters. The van der Waals surface area contributed by atoms with Crippen molar-refractivity contribution >= 4 is 21.8 Å². The van der Waals surface area contributed by atoms with Gasteiger partial charge in [0.2, 0.25) is 21.8 Å². The third-order valence-corrected chi connectivity index (χ3v) is 11.5. The van der Waals surface area contributed by atoms with Crippen molar-refractivity contribution < 1.29 is 28.2 Å². The van der Waals surface area contributed by atoms with E-state index >= 15 is 0 Å². The molecule has 0 saturated heterocycles. The first-order chi connectivity index (χ1) is 22.6. The highest BCUT2D eigenvalue weighted by Crippen LogP contribution is 2.36. The molecular weight excluding hydrogens is 618 g/mol. The van der Waals surface area contributed by atoms with Crippen molar-refractivity contribution in [3.8, 4) is 12.3 Å². The van der Waals surface area contributed by atoms with Gasteiger partial charge in [0.25, 0.3) is 0 Å². The molecule has 1 aromatic carbocycles. The van der Waals surface area contributed by atoms with Crippen LogP contribution in [0.1, 0.15) is 69.8 Å². The number of sulfonamides is 1. The molecule has 11 nitrogen and oxygen atoms in total. The Kier molecular flexibility index (Phi) is 13.8. The maximum Gasteiger partial charge on any atom is 0.242 e. The van der Waals surface area contributed by atoms with Crippen LogP contribution in [0, 0.1) is 30.1 Å². The van der Waals surface area contributed by atoms with Crippen molar-refractivity contribution in [2.75, 3.05) is 19.3 Å². The fourth-order valence-corrected chi connectivity index (χ4v) is 7.80. The molecule has 2 saturated carbocycles. The third kappa shape index (κ3) is 11.5. The number of likely N-dealkylation sites (N-methyl/N-ethyl adjacent to an activating group) is 1. The Morgan fingerprint density at radius 2 is 1.81 bits per heavy atom. The van der Waals surface area contributed by atoms with Gasteiger partial charge in [0.15, 0.2) is 0 Å². The number of carbonyl (C=O) groups excluding carboxylic acids is 2. The van der Waals surface area contributed by atoms with E-state index in [1.54, 1.807) is 23.3 Å². The van der Waals surface area contributed by atoms with Crippen LogP contribution in [0.4, 0.5) is 0 Å². The topological polar surface area (TPSA) is 154 Å². The fourth-order valence-electron chi connectivity index (χ4n) is 6.41. The molecular formula is C35H51N5O6S. The van der Waals surface area contributed by atoms with Gasteiger partial charge in [-0.05, 0) is 49.5 Å². The summed E-state index contributed by atoms with van der Waals surface area (Å²) in [5.74, 6) is 0.356. The van der Waals surface area contributed by atoms with E-state index < -0.39 is 57.8 Å². The van der Waals surface area contributed by atoms with Crippen LogP contribution < -0.4 is 10.6 Å². The predicted molar refractivity (Wildman–Crippen MR) is 180 cm³/mol. The molecule has 5 atom stereocenters. The average molecular weight is 670 g/mol. The molecule has 12 heteroatoms. The van der Waals surface area contributed by atoms with Crippen LogP contribution in [0.2, 0.25) is 0 Å². The van der Waals surface area contributed by atoms with E-state index in [4.69, 9.17) is 6.42 Å². The normalized spacial score (nSPS) is 18.9. The summed E-state index contributed by atoms with van der Waals surface area (Å²) < 4.78 is 30.0. The van der Waals surface area contributed by atoms with Crippen molar-refractivity contribution in [3.63, 3.8) is 0 Å². The quantitative estimate of drug-likeness (QED) is 0.168. The second-order valence-electron chi connectivity index (χ2n) is 13.3. The molecule has 2 aliphatic carbocycles. The van der Waals surface area contributed by atoms with Gasteiger partial charge in [-0.3, -0.25) is 9.59 Å². The molecule has 1 heterocycles. The van der Waals surface area contributed by atoms with Gasteiger partial charge in [-0.15, -0.1) is 12.3 Å². The Bertz CT molecular complexity index is 1400. The first kappa shape index (κ1) is 36.6. The monoisotopic (exact) mass is 669 g/mol. The zero-order valence-electron chi connectivity index (χ0n) is 27.4. The lowest BCUT2D eigenvalue weighted by molar-refractivity contribution is -0.132. The van der Waals surface area contributed by atoms with Crippen LogP contribution >= 0.6 is 0 Å². The van der Waals surface area contributed by atoms with Crippen LogP contribution in [0.5, 0.6) is 0 Å². The van der Waals surface area contributed by atoms with Gasteiger partial charge in [-0.2, -0.15) is 0 Å². The average Bonchev–Trinajstić information content (AvgIpc) is 3.79. The van der Waals surface area contributed by atoms with Gasteiger partial charge in [0.1, 0.15) is 12.1 Å². The molecule has 0 aliphatic heterocycles. The third-order valence-electron chi connectivity index (χ3n) is 9.53. The van der Waals surface area contributed by atoms with Crippen LogP contribution in [-0.2, 0) is 32.6 Å². The number of amides is 2. The minimum Gasteiger partial charge on any atom is -0.390 e. The molecule has 2 aromatic rings. The molecule has 2 amide bonds. The Balaban J connectivity index is 1.49. The lowest BCUT2D eigenvalue weighted by Gasteiger charge is -2.33. The van der Waals surface area contributed by atoms with Crippen molar-refractivity contribution in [3.05, 3.63) is 54.6 Å². The molecule has 2 fully saturated rings. The number of hydrogen-bond acceptors (Lipinski definition) is 7. The summed E-state index contributed by atoms with van der Waals surface area (Å²) in [7, 11) is -2.38. The number of imidazole rings is 1. The molecule has 258 valence electrons. The number of carbonyl (C=O) groups is 2. The van der Waals surface area contributed by atoms with Gasteiger partial charge in [0.05, 0.1) is 30.1 Å². The highest BCUT2D eigenvalue weighted by Gasteiger charge is 2.40. The van der Waals surface area contributed by atoms with E-state index in [1.165, 1.54) is 17.8 Å². The van der Waals surface area contributed by atoms with Crippen LogP contribution in [-0.4, -0.2) is 87.9 Å². The SMILES string of the molecule is C#CCC[C@H](NC(=O)[C@H](Cc1ccccc1)CS(=O)(=O)N(C)CCn1ccnc1)C(=O)N[C@@H](CC1CCCCC1)[C@@H](O)[C@@H](O)C1CC1. The minimum atomic E-state index is -3.86. The van der Waals surface area contributed by atoms with E-state index in [2.05, 4.69) is 21.5 Å². The number of rotatable bonds is 19. The standard InChI is InChI=1S/C35H51N5O6S/c1-3-4-15-30(35(44)38-31(23-27-13-9-6-10-14-27)33(42)32(41)28-16-17-28)37-34(43)29(22-26-11-7-5-8-12-26)24-47(45,46)39(2)20-21-40-19-18-36-25-40/h1,5,7-8,11-12,18-19,25,27-33,41-42H,4,6,9-10,13-17,20-24H2,2H3,(H,37,43)(H,38,44)/t29-,30+,31+,32+,33-/m1/s1. The summed E-state index contributed by atoms with van der Waals surface area (Å²) >= 11 is 0. The molecule has 4 rings (SSSR count). The fraction of sp³-hybridized carbons (Fsp3) is 0.629. The first-order valence-corrected chi connectivity index (χ1v) is 18.5.